The van der Waals surface area contributed by atoms with Gasteiger partial charge in [0.15, 0.2) is 0 Å². The smallest absolute Gasteiger partial charge is 0.244 e. The summed E-state index contributed by atoms with van der Waals surface area (Å²) in [5.41, 5.74) is 3.15. The predicted molar refractivity (Wildman–Crippen MR) is 160 cm³/mol. The van der Waals surface area contributed by atoms with Crippen molar-refractivity contribution in [1.29, 1.82) is 0 Å². The SMILES string of the molecule is CC[C@H](C)NC(=O)[C@H](Cc1ccccc1)N(Cc1cccc(C)c1)C(=O)CN(c1ccc(Br)cc1)S(C)(=O)=O. The second kappa shape index (κ2) is 13.8. The van der Waals surface area contributed by atoms with Crippen LogP contribution < -0.4 is 9.62 Å². The number of nitrogens with one attached hydrogen (secondary N) is 1. The van der Waals surface area contributed by atoms with Crippen LogP contribution in [-0.2, 0) is 32.6 Å². The Morgan fingerprint density at radius 1 is 0.949 bits per heavy atom. The van der Waals surface area contributed by atoms with Crippen molar-refractivity contribution >= 4 is 43.5 Å². The summed E-state index contributed by atoms with van der Waals surface area (Å²) in [5, 5.41) is 3.03. The Kier molecular flexibility index (Phi) is 10.7. The highest BCUT2D eigenvalue weighted by atomic mass is 79.9. The second-order valence-electron chi connectivity index (χ2n) is 9.78. The molecule has 1 N–H and O–H groups in total. The predicted octanol–water partition coefficient (Wildman–Crippen LogP) is 5.08. The summed E-state index contributed by atoms with van der Waals surface area (Å²) >= 11 is 3.37. The van der Waals surface area contributed by atoms with Gasteiger partial charge in [0.2, 0.25) is 21.8 Å². The number of rotatable bonds is 12. The number of anilines is 1. The number of nitrogens with zero attached hydrogens (tertiary/aromatic N) is 2. The first-order valence-corrected chi connectivity index (χ1v) is 15.5. The number of halogens is 1. The average molecular weight is 615 g/mol. The normalized spacial score (nSPS) is 12.8. The van der Waals surface area contributed by atoms with Crippen LogP contribution in [0.5, 0.6) is 0 Å². The van der Waals surface area contributed by atoms with Crippen molar-refractivity contribution in [3.8, 4) is 0 Å². The quantitative estimate of drug-likeness (QED) is 0.309. The first-order chi connectivity index (χ1) is 18.5. The molecule has 2 amide bonds. The number of benzene rings is 3. The van der Waals surface area contributed by atoms with E-state index in [0.717, 1.165) is 38.1 Å². The molecule has 0 unspecified atom stereocenters. The van der Waals surface area contributed by atoms with Crippen LogP contribution in [0.15, 0.2) is 83.3 Å². The van der Waals surface area contributed by atoms with Gasteiger partial charge in [-0.15, -0.1) is 0 Å². The molecule has 3 aromatic rings. The molecule has 0 saturated heterocycles. The molecule has 208 valence electrons. The molecule has 7 nitrogen and oxygen atoms in total. The molecule has 0 heterocycles. The maximum absolute atomic E-state index is 14.1. The van der Waals surface area contributed by atoms with Crippen molar-refractivity contribution < 1.29 is 18.0 Å². The summed E-state index contributed by atoms with van der Waals surface area (Å²) in [5.74, 6) is -0.742. The van der Waals surface area contributed by atoms with E-state index < -0.39 is 28.5 Å². The van der Waals surface area contributed by atoms with Crippen LogP contribution >= 0.6 is 15.9 Å². The molecule has 0 bridgehead atoms. The third kappa shape index (κ3) is 8.93. The van der Waals surface area contributed by atoms with Crippen LogP contribution in [0.25, 0.3) is 0 Å². The highest BCUT2D eigenvalue weighted by molar-refractivity contribution is 9.10. The Hall–Kier alpha value is -3.17. The zero-order chi connectivity index (χ0) is 28.6. The van der Waals surface area contributed by atoms with E-state index in [1.165, 1.54) is 4.90 Å². The van der Waals surface area contributed by atoms with Gasteiger partial charge in [0.05, 0.1) is 11.9 Å². The van der Waals surface area contributed by atoms with Crippen LogP contribution in [0.4, 0.5) is 5.69 Å². The fourth-order valence-electron chi connectivity index (χ4n) is 4.22. The van der Waals surface area contributed by atoms with Gasteiger partial charge in [-0.2, -0.15) is 0 Å². The summed E-state index contributed by atoms with van der Waals surface area (Å²) in [6, 6.07) is 23.1. The Balaban J connectivity index is 2.05. The number of hydrogen-bond acceptors (Lipinski definition) is 4. The molecule has 0 aliphatic carbocycles. The minimum Gasteiger partial charge on any atom is -0.352 e. The summed E-state index contributed by atoms with van der Waals surface area (Å²) in [4.78, 5) is 29.2. The summed E-state index contributed by atoms with van der Waals surface area (Å²) in [6.07, 6.45) is 2.10. The summed E-state index contributed by atoms with van der Waals surface area (Å²) in [6.45, 7) is 5.59. The van der Waals surface area contributed by atoms with Gasteiger partial charge in [0.25, 0.3) is 0 Å². The number of hydrogen-bond donors (Lipinski definition) is 1. The monoisotopic (exact) mass is 613 g/mol. The van der Waals surface area contributed by atoms with E-state index in [-0.39, 0.29) is 24.9 Å². The van der Waals surface area contributed by atoms with Gasteiger partial charge in [-0.1, -0.05) is 83.0 Å². The van der Waals surface area contributed by atoms with Gasteiger partial charge >= 0.3 is 0 Å². The standard InChI is InChI=1S/C30H36BrN3O4S/c1-5-23(3)32-30(36)28(19-24-11-7-6-8-12-24)33(20-25-13-9-10-22(2)18-25)29(35)21-34(39(4,37)38)27-16-14-26(31)15-17-27/h6-18,23,28H,5,19-21H2,1-4H3,(H,32,36)/t23-,28-/m0/s1. The van der Waals surface area contributed by atoms with Gasteiger partial charge in [-0.25, -0.2) is 8.42 Å². The fraction of sp³-hybridized carbons (Fsp3) is 0.333. The van der Waals surface area contributed by atoms with E-state index in [0.29, 0.717) is 5.69 Å². The molecule has 0 spiro atoms. The number of sulfonamides is 1. The maximum atomic E-state index is 14.1. The van der Waals surface area contributed by atoms with Crippen LogP contribution in [-0.4, -0.2) is 50.0 Å². The van der Waals surface area contributed by atoms with Crippen molar-refractivity contribution in [1.82, 2.24) is 10.2 Å². The molecular formula is C30H36BrN3O4S. The van der Waals surface area contributed by atoms with Crippen molar-refractivity contribution in [2.24, 2.45) is 0 Å². The highest BCUT2D eigenvalue weighted by Crippen LogP contribution is 2.22. The van der Waals surface area contributed by atoms with E-state index in [1.54, 1.807) is 24.3 Å². The van der Waals surface area contributed by atoms with Crippen LogP contribution in [0.2, 0.25) is 0 Å². The molecule has 39 heavy (non-hydrogen) atoms. The molecule has 0 fully saturated rings. The number of aryl methyl sites for hydroxylation is 1. The minimum absolute atomic E-state index is 0.0815. The van der Waals surface area contributed by atoms with E-state index in [2.05, 4.69) is 21.2 Å². The van der Waals surface area contributed by atoms with Gasteiger partial charge in [-0.3, -0.25) is 13.9 Å². The molecule has 0 saturated carbocycles. The van der Waals surface area contributed by atoms with Crippen molar-refractivity contribution in [3.05, 3.63) is 100 Å². The molecule has 3 rings (SSSR count). The lowest BCUT2D eigenvalue weighted by molar-refractivity contribution is -0.140. The Morgan fingerprint density at radius 2 is 1.59 bits per heavy atom. The Labute approximate surface area is 240 Å². The van der Waals surface area contributed by atoms with Crippen molar-refractivity contribution in [2.45, 2.75) is 52.2 Å². The number of carbonyl (C=O) groups excluding carboxylic acids is 2. The maximum Gasteiger partial charge on any atom is 0.244 e. The van der Waals surface area contributed by atoms with Gasteiger partial charge in [-0.05, 0) is 55.7 Å². The number of carbonyl (C=O) groups is 2. The van der Waals surface area contributed by atoms with Crippen LogP contribution in [0, 0.1) is 6.92 Å². The third-order valence-corrected chi connectivity index (χ3v) is 8.17. The topological polar surface area (TPSA) is 86.8 Å². The first-order valence-electron chi connectivity index (χ1n) is 12.9. The molecule has 0 radical (unpaired) electrons. The lowest BCUT2D eigenvalue weighted by atomic mass is 10.0. The van der Waals surface area contributed by atoms with Crippen molar-refractivity contribution in [2.75, 3.05) is 17.1 Å². The minimum atomic E-state index is -3.80. The summed E-state index contributed by atoms with van der Waals surface area (Å²) in [7, 11) is -3.80. The Morgan fingerprint density at radius 3 is 2.18 bits per heavy atom. The molecule has 0 aliphatic heterocycles. The Bertz CT molecular complexity index is 1360. The largest absolute Gasteiger partial charge is 0.352 e. The van der Waals surface area contributed by atoms with E-state index in [4.69, 9.17) is 0 Å². The van der Waals surface area contributed by atoms with E-state index in [1.807, 2.05) is 75.4 Å². The third-order valence-electron chi connectivity index (χ3n) is 6.50. The number of amides is 2. The van der Waals surface area contributed by atoms with Crippen molar-refractivity contribution in [3.63, 3.8) is 0 Å². The van der Waals surface area contributed by atoms with Crippen LogP contribution in [0.3, 0.4) is 0 Å². The zero-order valence-electron chi connectivity index (χ0n) is 22.8. The fourth-order valence-corrected chi connectivity index (χ4v) is 5.34. The molecular weight excluding hydrogens is 578 g/mol. The van der Waals surface area contributed by atoms with E-state index >= 15 is 0 Å². The van der Waals surface area contributed by atoms with Gasteiger partial charge in [0, 0.05) is 23.5 Å². The first kappa shape index (κ1) is 30.4. The highest BCUT2D eigenvalue weighted by Gasteiger charge is 2.33. The second-order valence-corrected chi connectivity index (χ2v) is 12.6. The summed E-state index contributed by atoms with van der Waals surface area (Å²) < 4.78 is 27.5. The lowest BCUT2D eigenvalue weighted by Crippen LogP contribution is -2.54. The lowest BCUT2D eigenvalue weighted by Gasteiger charge is -2.34. The molecule has 0 aliphatic rings. The van der Waals surface area contributed by atoms with Gasteiger partial charge < -0.3 is 10.2 Å². The molecule has 2 atom stereocenters. The molecule has 0 aromatic heterocycles. The van der Waals surface area contributed by atoms with Crippen LogP contribution in [0.1, 0.15) is 37.0 Å². The molecule has 9 heteroatoms. The zero-order valence-corrected chi connectivity index (χ0v) is 25.2. The average Bonchev–Trinajstić information content (AvgIpc) is 2.89. The molecule has 3 aromatic carbocycles. The van der Waals surface area contributed by atoms with E-state index in [9.17, 15) is 18.0 Å². The van der Waals surface area contributed by atoms with Gasteiger partial charge in [0.1, 0.15) is 12.6 Å².